The van der Waals surface area contributed by atoms with Gasteiger partial charge in [-0.2, -0.15) is 0 Å². The average Bonchev–Trinajstić information content (AvgIpc) is 2.53. The van der Waals surface area contributed by atoms with Gasteiger partial charge in [0.2, 0.25) is 5.91 Å². The molecule has 7 nitrogen and oxygen atoms in total. The second-order valence-corrected chi connectivity index (χ2v) is 4.60. The van der Waals surface area contributed by atoms with Crippen molar-refractivity contribution in [2.45, 2.75) is 6.04 Å². The van der Waals surface area contributed by atoms with Gasteiger partial charge in [-0.3, -0.25) is 9.78 Å². The summed E-state index contributed by atoms with van der Waals surface area (Å²) in [6.07, 6.45) is 3.26. The number of piperazine rings is 1. The summed E-state index contributed by atoms with van der Waals surface area (Å²) in [6.45, 7) is 2.17. The van der Waals surface area contributed by atoms with Crippen LogP contribution in [0.15, 0.2) is 24.5 Å². The lowest BCUT2D eigenvalue weighted by molar-refractivity contribution is -0.122. The van der Waals surface area contributed by atoms with E-state index in [1.54, 1.807) is 19.4 Å². The van der Waals surface area contributed by atoms with E-state index in [4.69, 9.17) is 0 Å². The SMILES string of the molecule is CNC(=O)C1CNCCN1c1ccc2nccnc2n1. The number of hydrogen-bond donors (Lipinski definition) is 2. The van der Waals surface area contributed by atoms with Crippen molar-refractivity contribution in [3.05, 3.63) is 24.5 Å². The highest BCUT2D eigenvalue weighted by Gasteiger charge is 2.28. The van der Waals surface area contributed by atoms with Crippen molar-refractivity contribution in [2.24, 2.45) is 0 Å². The standard InChI is InChI=1S/C13H16N6O/c1-14-13(20)10-8-15-6-7-19(10)11-3-2-9-12(18-11)17-5-4-16-9/h2-5,10,15H,6-8H2,1H3,(H,14,20). The van der Waals surface area contributed by atoms with Crippen LogP contribution in [0.1, 0.15) is 0 Å². The third-order valence-corrected chi connectivity index (χ3v) is 3.40. The number of aromatic nitrogens is 3. The van der Waals surface area contributed by atoms with E-state index >= 15 is 0 Å². The Morgan fingerprint density at radius 3 is 3.10 bits per heavy atom. The van der Waals surface area contributed by atoms with Gasteiger partial charge in [0.1, 0.15) is 17.4 Å². The van der Waals surface area contributed by atoms with Gasteiger partial charge in [-0.15, -0.1) is 0 Å². The highest BCUT2D eigenvalue weighted by molar-refractivity contribution is 5.85. The van der Waals surface area contributed by atoms with E-state index < -0.39 is 0 Å². The Kier molecular flexibility index (Phi) is 3.42. The summed E-state index contributed by atoms with van der Waals surface area (Å²) in [6, 6.07) is 3.52. The van der Waals surface area contributed by atoms with Gasteiger partial charge in [0.25, 0.3) is 0 Å². The number of amides is 1. The second-order valence-electron chi connectivity index (χ2n) is 4.60. The number of carbonyl (C=O) groups is 1. The lowest BCUT2D eigenvalue weighted by atomic mass is 10.1. The first-order chi connectivity index (χ1) is 9.79. The first-order valence-corrected chi connectivity index (χ1v) is 6.56. The summed E-state index contributed by atoms with van der Waals surface area (Å²) in [7, 11) is 1.65. The number of pyridine rings is 1. The van der Waals surface area contributed by atoms with E-state index in [0.29, 0.717) is 12.2 Å². The van der Waals surface area contributed by atoms with E-state index in [0.717, 1.165) is 24.4 Å². The molecule has 7 heteroatoms. The molecule has 1 amide bonds. The Morgan fingerprint density at radius 2 is 2.25 bits per heavy atom. The van der Waals surface area contributed by atoms with Gasteiger partial charge in [0.15, 0.2) is 5.65 Å². The Hall–Kier alpha value is -2.28. The van der Waals surface area contributed by atoms with Crippen molar-refractivity contribution in [3.63, 3.8) is 0 Å². The van der Waals surface area contributed by atoms with E-state index in [1.807, 2.05) is 17.0 Å². The van der Waals surface area contributed by atoms with Crippen LogP contribution in [0.4, 0.5) is 5.82 Å². The Morgan fingerprint density at radius 1 is 1.40 bits per heavy atom. The number of likely N-dealkylation sites (N-methyl/N-ethyl adjacent to an activating group) is 1. The number of fused-ring (bicyclic) bond motifs is 1. The number of nitrogens with zero attached hydrogens (tertiary/aromatic N) is 4. The predicted molar refractivity (Wildman–Crippen MR) is 75.4 cm³/mol. The zero-order valence-electron chi connectivity index (χ0n) is 11.2. The van der Waals surface area contributed by atoms with Crippen molar-refractivity contribution >= 4 is 22.9 Å². The maximum atomic E-state index is 12.0. The number of carbonyl (C=O) groups excluding carboxylic acids is 1. The number of nitrogens with one attached hydrogen (secondary N) is 2. The van der Waals surface area contributed by atoms with E-state index in [1.165, 1.54) is 0 Å². The molecule has 0 spiro atoms. The van der Waals surface area contributed by atoms with Gasteiger partial charge in [-0.05, 0) is 12.1 Å². The first-order valence-electron chi connectivity index (χ1n) is 6.56. The highest BCUT2D eigenvalue weighted by atomic mass is 16.2. The average molecular weight is 272 g/mol. The van der Waals surface area contributed by atoms with Crippen molar-refractivity contribution in [3.8, 4) is 0 Å². The van der Waals surface area contributed by atoms with E-state index in [2.05, 4.69) is 25.6 Å². The quantitative estimate of drug-likeness (QED) is 0.770. The molecule has 2 N–H and O–H groups in total. The summed E-state index contributed by atoms with van der Waals surface area (Å²) in [5.74, 6) is 0.742. The summed E-state index contributed by atoms with van der Waals surface area (Å²) >= 11 is 0. The summed E-state index contributed by atoms with van der Waals surface area (Å²) < 4.78 is 0. The maximum Gasteiger partial charge on any atom is 0.243 e. The number of rotatable bonds is 2. The summed E-state index contributed by atoms with van der Waals surface area (Å²) in [4.78, 5) is 26.9. The normalized spacial score (nSPS) is 19.1. The molecule has 104 valence electrons. The molecule has 1 atom stereocenters. The van der Waals surface area contributed by atoms with Crippen LogP contribution in [0.2, 0.25) is 0 Å². The molecular formula is C13H16N6O. The van der Waals surface area contributed by atoms with Crippen LogP contribution in [-0.4, -0.2) is 53.6 Å². The van der Waals surface area contributed by atoms with Gasteiger partial charge in [0, 0.05) is 39.1 Å². The second kappa shape index (κ2) is 5.38. The fourth-order valence-electron chi connectivity index (χ4n) is 2.38. The molecule has 0 saturated carbocycles. The zero-order chi connectivity index (χ0) is 13.9. The lowest BCUT2D eigenvalue weighted by Gasteiger charge is -2.35. The number of anilines is 1. The molecule has 1 unspecified atom stereocenters. The molecule has 1 fully saturated rings. The van der Waals surface area contributed by atoms with Gasteiger partial charge in [-0.1, -0.05) is 0 Å². The van der Waals surface area contributed by atoms with Crippen molar-refractivity contribution in [1.29, 1.82) is 0 Å². The molecule has 20 heavy (non-hydrogen) atoms. The fourth-order valence-corrected chi connectivity index (χ4v) is 2.38. The van der Waals surface area contributed by atoms with Crippen molar-refractivity contribution < 1.29 is 4.79 Å². The van der Waals surface area contributed by atoms with E-state index in [9.17, 15) is 4.79 Å². The van der Waals surface area contributed by atoms with Gasteiger partial charge < -0.3 is 15.5 Å². The van der Waals surface area contributed by atoms with Crippen LogP contribution >= 0.6 is 0 Å². The van der Waals surface area contributed by atoms with Crippen LogP contribution < -0.4 is 15.5 Å². The highest BCUT2D eigenvalue weighted by Crippen LogP contribution is 2.18. The monoisotopic (exact) mass is 272 g/mol. The third kappa shape index (κ3) is 2.27. The minimum Gasteiger partial charge on any atom is -0.357 e. The molecule has 2 aromatic heterocycles. The molecular weight excluding hydrogens is 256 g/mol. The summed E-state index contributed by atoms with van der Waals surface area (Å²) in [5, 5.41) is 5.92. The minimum atomic E-state index is -0.254. The van der Waals surface area contributed by atoms with Crippen LogP contribution in [-0.2, 0) is 4.79 Å². The van der Waals surface area contributed by atoms with Gasteiger partial charge in [0.05, 0.1) is 0 Å². The zero-order valence-corrected chi connectivity index (χ0v) is 11.2. The predicted octanol–water partition coefficient (Wildman–Crippen LogP) is -0.451. The minimum absolute atomic E-state index is 0.0155. The Labute approximate surface area is 116 Å². The molecule has 0 bridgehead atoms. The van der Waals surface area contributed by atoms with Crippen molar-refractivity contribution in [2.75, 3.05) is 31.6 Å². The molecule has 0 aliphatic carbocycles. The molecule has 3 rings (SSSR count). The molecule has 1 aliphatic rings. The molecule has 0 radical (unpaired) electrons. The number of hydrogen-bond acceptors (Lipinski definition) is 6. The van der Waals surface area contributed by atoms with Crippen LogP contribution in [0.3, 0.4) is 0 Å². The Balaban J connectivity index is 1.96. The maximum absolute atomic E-state index is 12.0. The Bertz CT molecular complexity index is 631. The first kappa shape index (κ1) is 12.7. The largest absolute Gasteiger partial charge is 0.357 e. The molecule has 0 aromatic carbocycles. The smallest absolute Gasteiger partial charge is 0.243 e. The van der Waals surface area contributed by atoms with Gasteiger partial charge in [-0.25, -0.2) is 9.97 Å². The van der Waals surface area contributed by atoms with Crippen molar-refractivity contribution in [1.82, 2.24) is 25.6 Å². The molecule has 2 aromatic rings. The van der Waals surface area contributed by atoms with Crippen LogP contribution in [0, 0.1) is 0 Å². The summed E-state index contributed by atoms with van der Waals surface area (Å²) in [5.41, 5.74) is 1.35. The lowest BCUT2D eigenvalue weighted by Crippen LogP contribution is -2.57. The van der Waals surface area contributed by atoms with E-state index in [-0.39, 0.29) is 11.9 Å². The molecule has 1 aliphatic heterocycles. The molecule has 1 saturated heterocycles. The van der Waals surface area contributed by atoms with Gasteiger partial charge >= 0.3 is 0 Å². The molecule has 3 heterocycles. The van der Waals surface area contributed by atoms with Crippen LogP contribution in [0.25, 0.3) is 11.2 Å². The van der Waals surface area contributed by atoms with Crippen LogP contribution in [0.5, 0.6) is 0 Å². The topological polar surface area (TPSA) is 83.0 Å². The third-order valence-electron chi connectivity index (χ3n) is 3.40. The fraction of sp³-hybridized carbons (Fsp3) is 0.385.